The van der Waals surface area contributed by atoms with Gasteiger partial charge in [0.1, 0.15) is 6.04 Å². The van der Waals surface area contributed by atoms with Crippen molar-refractivity contribution in [1.29, 1.82) is 0 Å². The zero-order valence-electron chi connectivity index (χ0n) is 16.1. The van der Waals surface area contributed by atoms with E-state index >= 15 is 0 Å². The van der Waals surface area contributed by atoms with Crippen LogP contribution >= 0.6 is 12.4 Å². The molecule has 2 atom stereocenters. The predicted molar refractivity (Wildman–Crippen MR) is 110 cm³/mol. The van der Waals surface area contributed by atoms with E-state index in [2.05, 4.69) is 12.2 Å². The number of furan rings is 1. The monoisotopic (exact) mass is 405 g/mol. The number of amides is 2. The number of fused-ring (bicyclic) bond motifs is 1. The quantitative estimate of drug-likeness (QED) is 0.741. The molecule has 1 aromatic carbocycles. The minimum Gasteiger partial charge on any atom is -0.459 e. The molecule has 1 aliphatic rings. The van der Waals surface area contributed by atoms with Crippen molar-refractivity contribution in [3.05, 3.63) is 59.5 Å². The zero-order valence-corrected chi connectivity index (χ0v) is 16.9. The average molecular weight is 406 g/mol. The molecule has 0 fully saturated rings. The van der Waals surface area contributed by atoms with E-state index in [1.165, 1.54) is 6.26 Å². The molecule has 0 aliphatic carbocycles. The number of hydrogen-bond donors (Lipinski definition) is 2. The van der Waals surface area contributed by atoms with Crippen molar-refractivity contribution in [2.24, 2.45) is 5.73 Å². The van der Waals surface area contributed by atoms with E-state index in [9.17, 15) is 9.59 Å². The Balaban J connectivity index is 0.00000280. The summed E-state index contributed by atoms with van der Waals surface area (Å²) in [5.74, 6) is -0.183. The van der Waals surface area contributed by atoms with Gasteiger partial charge in [-0.25, -0.2) is 0 Å². The Labute approximate surface area is 171 Å². The Kier molecular flexibility index (Phi) is 8.08. The highest BCUT2D eigenvalue weighted by molar-refractivity contribution is 5.96. The van der Waals surface area contributed by atoms with Gasteiger partial charge in [0.25, 0.3) is 5.91 Å². The Hall–Kier alpha value is -2.31. The number of nitrogens with two attached hydrogens (primary N) is 1. The third-order valence-corrected chi connectivity index (χ3v) is 5.08. The molecule has 2 heterocycles. The van der Waals surface area contributed by atoms with Crippen LogP contribution in [0.5, 0.6) is 0 Å². The highest BCUT2D eigenvalue weighted by Gasteiger charge is 2.36. The van der Waals surface area contributed by atoms with Crippen molar-refractivity contribution in [2.75, 3.05) is 6.54 Å². The molecule has 7 heteroatoms. The lowest BCUT2D eigenvalue weighted by molar-refractivity contribution is -0.126. The van der Waals surface area contributed by atoms with Crippen molar-refractivity contribution in [3.8, 4) is 0 Å². The SMILES string of the molecule is CCCCC(CN)NC(=O)C1Cc2ccccc2CN1C(=O)c1ccco1.Cl. The third-order valence-electron chi connectivity index (χ3n) is 5.08. The van der Waals surface area contributed by atoms with E-state index in [-0.39, 0.29) is 36.0 Å². The lowest BCUT2D eigenvalue weighted by Gasteiger charge is -2.36. The van der Waals surface area contributed by atoms with Crippen LogP contribution in [0, 0.1) is 0 Å². The molecule has 0 radical (unpaired) electrons. The fraction of sp³-hybridized carbons (Fsp3) is 0.429. The molecule has 1 aromatic heterocycles. The van der Waals surface area contributed by atoms with Gasteiger partial charge in [-0.15, -0.1) is 12.4 Å². The number of unbranched alkanes of at least 4 members (excludes halogenated alkanes) is 1. The van der Waals surface area contributed by atoms with Crippen molar-refractivity contribution in [2.45, 2.75) is 51.2 Å². The van der Waals surface area contributed by atoms with Crippen LogP contribution in [0.15, 0.2) is 47.1 Å². The van der Waals surface area contributed by atoms with E-state index in [0.29, 0.717) is 19.5 Å². The number of rotatable bonds is 7. The summed E-state index contributed by atoms with van der Waals surface area (Å²) in [6, 6.07) is 10.6. The number of nitrogens with zero attached hydrogens (tertiary/aromatic N) is 1. The number of carbonyl (C=O) groups excluding carboxylic acids is 2. The summed E-state index contributed by atoms with van der Waals surface area (Å²) in [4.78, 5) is 27.6. The standard InChI is InChI=1S/C21H27N3O3.ClH/c1-2-3-9-17(13-22)23-20(25)18-12-15-7-4-5-8-16(15)14-24(18)21(26)19-10-6-11-27-19;/h4-8,10-11,17-18H,2-3,9,12-14,22H2,1H3,(H,23,25);1H. The van der Waals surface area contributed by atoms with Crippen molar-refractivity contribution >= 4 is 24.2 Å². The van der Waals surface area contributed by atoms with Gasteiger partial charge >= 0.3 is 0 Å². The molecule has 2 amide bonds. The predicted octanol–water partition coefficient (Wildman–Crippen LogP) is 2.90. The Bertz CT molecular complexity index is 779. The summed E-state index contributed by atoms with van der Waals surface area (Å²) in [6.07, 6.45) is 4.85. The topological polar surface area (TPSA) is 88.6 Å². The summed E-state index contributed by atoms with van der Waals surface area (Å²) in [6.45, 7) is 2.88. The fourth-order valence-electron chi connectivity index (χ4n) is 3.51. The van der Waals surface area contributed by atoms with Gasteiger partial charge in [-0.1, -0.05) is 44.0 Å². The molecule has 152 valence electrons. The molecular formula is C21H28ClN3O3. The van der Waals surface area contributed by atoms with Gasteiger partial charge in [-0.3, -0.25) is 9.59 Å². The molecule has 2 unspecified atom stereocenters. The number of benzene rings is 1. The largest absolute Gasteiger partial charge is 0.459 e. The van der Waals surface area contributed by atoms with Crippen LogP contribution in [0.1, 0.15) is 47.9 Å². The van der Waals surface area contributed by atoms with Gasteiger partial charge in [0.05, 0.1) is 6.26 Å². The molecular weight excluding hydrogens is 378 g/mol. The maximum atomic E-state index is 13.0. The summed E-state index contributed by atoms with van der Waals surface area (Å²) in [5, 5.41) is 3.04. The van der Waals surface area contributed by atoms with E-state index in [1.807, 2.05) is 24.3 Å². The fourth-order valence-corrected chi connectivity index (χ4v) is 3.51. The minimum atomic E-state index is -0.576. The smallest absolute Gasteiger partial charge is 0.290 e. The molecule has 6 nitrogen and oxygen atoms in total. The lowest BCUT2D eigenvalue weighted by Crippen LogP contribution is -2.55. The molecule has 2 aromatic rings. The Morgan fingerprint density at radius 2 is 2.00 bits per heavy atom. The normalized spacial score (nSPS) is 16.6. The second-order valence-corrected chi connectivity index (χ2v) is 6.98. The van der Waals surface area contributed by atoms with Crippen LogP contribution in [0.25, 0.3) is 0 Å². The Morgan fingerprint density at radius 1 is 1.25 bits per heavy atom. The molecule has 3 rings (SSSR count). The first-order valence-electron chi connectivity index (χ1n) is 9.55. The van der Waals surface area contributed by atoms with E-state index in [0.717, 1.165) is 30.4 Å². The van der Waals surface area contributed by atoms with Crippen LogP contribution in [0.4, 0.5) is 0 Å². The first-order valence-corrected chi connectivity index (χ1v) is 9.55. The molecule has 1 aliphatic heterocycles. The van der Waals surface area contributed by atoms with Gasteiger partial charge in [0, 0.05) is 25.6 Å². The molecule has 28 heavy (non-hydrogen) atoms. The van der Waals surface area contributed by atoms with Crippen LogP contribution in [0.3, 0.4) is 0 Å². The van der Waals surface area contributed by atoms with Gasteiger partial charge in [0.2, 0.25) is 5.91 Å². The summed E-state index contributed by atoms with van der Waals surface area (Å²) < 4.78 is 5.28. The van der Waals surface area contributed by atoms with E-state index in [1.54, 1.807) is 17.0 Å². The van der Waals surface area contributed by atoms with Gasteiger partial charge in [0.15, 0.2) is 5.76 Å². The van der Waals surface area contributed by atoms with E-state index in [4.69, 9.17) is 10.2 Å². The van der Waals surface area contributed by atoms with Crippen LogP contribution in [-0.4, -0.2) is 35.3 Å². The summed E-state index contributed by atoms with van der Waals surface area (Å²) >= 11 is 0. The molecule has 0 bridgehead atoms. The highest BCUT2D eigenvalue weighted by Crippen LogP contribution is 2.25. The lowest BCUT2D eigenvalue weighted by atomic mass is 9.93. The number of halogens is 1. The minimum absolute atomic E-state index is 0. The van der Waals surface area contributed by atoms with Crippen LogP contribution < -0.4 is 11.1 Å². The maximum Gasteiger partial charge on any atom is 0.290 e. The average Bonchev–Trinajstić information content (AvgIpc) is 3.24. The van der Waals surface area contributed by atoms with Gasteiger partial charge in [-0.2, -0.15) is 0 Å². The second kappa shape index (κ2) is 10.3. The Morgan fingerprint density at radius 3 is 2.64 bits per heavy atom. The summed E-state index contributed by atoms with van der Waals surface area (Å²) in [7, 11) is 0. The maximum absolute atomic E-state index is 13.0. The zero-order chi connectivity index (χ0) is 19.2. The second-order valence-electron chi connectivity index (χ2n) is 6.98. The van der Waals surface area contributed by atoms with Crippen LogP contribution in [0.2, 0.25) is 0 Å². The van der Waals surface area contributed by atoms with Gasteiger partial charge < -0.3 is 20.4 Å². The van der Waals surface area contributed by atoms with Crippen molar-refractivity contribution < 1.29 is 14.0 Å². The first kappa shape index (κ1) is 22.0. The van der Waals surface area contributed by atoms with Crippen LogP contribution in [-0.2, 0) is 17.8 Å². The molecule has 0 spiro atoms. The first-order chi connectivity index (χ1) is 13.1. The third kappa shape index (κ3) is 4.94. The number of hydrogen-bond acceptors (Lipinski definition) is 4. The molecule has 0 saturated carbocycles. The highest BCUT2D eigenvalue weighted by atomic mass is 35.5. The molecule has 3 N–H and O–H groups in total. The van der Waals surface area contributed by atoms with Gasteiger partial charge in [-0.05, 0) is 29.7 Å². The van der Waals surface area contributed by atoms with Crippen molar-refractivity contribution in [3.63, 3.8) is 0 Å². The summed E-state index contributed by atoms with van der Waals surface area (Å²) in [5.41, 5.74) is 7.98. The van der Waals surface area contributed by atoms with E-state index < -0.39 is 6.04 Å². The molecule has 0 saturated heterocycles. The van der Waals surface area contributed by atoms with Crippen molar-refractivity contribution in [1.82, 2.24) is 10.2 Å². The number of carbonyl (C=O) groups is 2. The number of nitrogens with one attached hydrogen (secondary N) is 1.